The number of rotatable bonds is 5. The number of fused-ring (bicyclic) bond motifs is 1. The summed E-state index contributed by atoms with van der Waals surface area (Å²) in [5.41, 5.74) is 3.58. The molecule has 164 valence electrons. The molecule has 1 N–H and O–H groups in total. The van der Waals surface area contributed by atoms with Crippen molar-refractivity contribution in [2.45, 2.75) is 30.6 Å². The maximum Gasteiger partial charge on any atom is 0.338 e. The third-order valence-corrected chi connectivity index (χ3v) is 6.86. The van der Waals surface area contributed by atoms with Gasteiger partial charge in [0.05, 0.1) is 24.0 Å². The molecule has 1 unspecified atom stereocenters. The lowest BCUT2D eigenvalue weighted by molar-refractivity contribution is -0.118. The second-order valence-corrected chi connectivity index (χ2v) is 8.99. The van der Waals surface area contributed by atoms with E-state index in [0.717, 1.165) is 47.8 Å². The summed E-state index contributed by atoms with van der Waals surface area (Å²) >= 11 is 0.945. The molecule has 8 nitrogen and oxygen atoms in total. The van der Waals surface area contributed by atoms with Crippen LogP contribution in [0.1, 0.15) is 40.4 Å². The monoisotopic (exact) mass is 451 g/mol. The first-order valence-corrected chi connectivity index (χ1v) is 11.3. The minimum Gasteiger partial charge on any atom is -0.465 e. The molecule has 2 atom stereocenters. The summed E-state index contributed by atoms with van der Waals surface area (Å²) < 4.78 is 11.0. The van der Waals surface area contributed by atoms with Gasteiger partial charge in [-0.15, -0.1) is 0 Å². The van der Waals surface area contributed by atoms with Crippen LogP contribution in [0, 0.1) is 0 Å². The van der Waals surface area contributed by atoms with E-state index < -0.39 is 11.2 Å². The molecule has 3 aromatic rings. The largest absolute Gasteiger partial charge is 0.465 e. The van der Waals surface area contributed by atoms with Crippen molar-refractivity contribution in [3.63, 3.8) is 0 Å². The summed E-state index contributed by atoms with van der Waals surface area (Å²) in [5, 5.41) is 1.37. The Morgan fingerprint density at radius 2 is 2.12 bits per heavy atom. The number of anilines is 1. The Balaban J connectivity index is 1.46. The average molecular weight is 452 g/mol. The molecule has 9 heteroatoms. The molecule has 2 amide bonds. The Bertz CT molecular complexity index is 1190. The summed E-state index contributed by atoms with van der Waals surface area (Å²) in [4.78, 5) is 42.8. The molecule has 2 aliphatic rings. The van der Waals surface area contributed by atoms with Crippen LogP contribution in [-0.2, 0) is 16.0 Å². The van der Waals surface area contributed by atoms with Crippen LogP contribution < -0.4 is 10.2 Å². The van der Waals surface area contributed by atoms with Crippen LogP contribution in [-0.4, -0.2) is 41.0 Å². The van der Waals surface area contributed by atoms with Crippen LogP contribution >= 0.6 is 11.8 Å². The molecule has 2 aliphatic heterocycles. The molecule has 2 aromatic carbocycles. The van der Waals surface area contributed by atoms with Gasteiger partial charge in [-0.05, 0) is 48.6 Å². The van der Waals surface area contributed by atoms with Crippen molar-refractivity contribution in [2.75, 3.05) is 18.6 Å². The Hall–Kier alpha value is -3.33. The first kappa shape index (κ1) is 20.6. The van der Waals surface area contributed by atoms with E-state index in [0.29, 0.717) is 17.1 Å². The molecule has 0 aliphatic carbocycles. The molecular weight excluding hydrogens is 430 g/mol. The van der Waals surface area contributed by atoms with E-state index in [4.69, 9.17) is 9.15 Å². The van der Waals surface area contributed by atoms with Crippen LogP contribution in [0.4, 0.5) is 10.8 Å². The standard InChI is InChI=1S/C23H21N3O5S/c1-30-21(28)15-11-14(9-8-13(15)12-19-20(27)25-23(29)32-19)17-6-4-10-26(17)22-24-16-5-2-3-7-18(16)31-22/h2-3,5,7-9,11,17,19H,4,6,10,12H2,1H3,(H,25,27,29)/t17-,19?/m0/s1. The Kier molecular flexibility index (Phi) is 5.34. The summed E-state index contributed by atoms with van der Waals surface area (Å²) in [6, 6.07) is 13.9. The fourth-order valence-electron chi connectivity index (χ4n) is 4.33. The topological polar surface area (TPSA) is 102 Å². The zero-order valence-electron chi connectivity index (χ0n) is 17.4. The smallest absolute Gasteiger partial charge is 0.338 e. The number of benzene rings is 2. The molecule has 2 saturated heterocycles. The van der Waals surface area contributed by atoms with Gasteiger partial charge in [-0.25, -0.2) is 4.79 Å². The first-order valence-electron chi connectivity index (χ1n) is 10.4. The van der Waals surface area contributed by atoms with Crippen LogP contribution in [0.3, 0.4) is 0 Å². The fraction of sp³-hybridized carbons (Fsp3) is 0.304. The number of hydrogen-bond donors (Lipinski definition) is 1. The van der Waals surface area contributed by atoms with Crippen molar-refractivity contribution in [1.29, 1.82) is 0 Å². The van der Waals surface area contributed by atoms with Crippen molar-refractivity contribution in [3.8, 4) is 0 Å². The Morgan fingerprint density at radius 3 is 2.88 bits per heavy atom. The number of methoxy groups -OCH3 is 1. The highest BCUT2D eigenvalue weighted by molar-refractivity contribution is 8.15. The minimum absolute atomic E-state index is 0.00579. The number of thioether (sulfide) groups is 1. The SMILES string of the molecule is COC(=O)c1cc([C@@H]2CCCN2c2nc3ccccc3o2)ccc1CC1SC(=O)NC1=O. The van der Waals surface area contributed by atoms with E-state index in [2.05, 4.69) is 15.2 Å². The fourth-order valence-corrected chi connectivity index (χ4v) is 5.18. The van der Waals surface area contributed by atoms with Gasteiger partial charge in [0.25, 0.3) is 11.3 Å². The summed E-state index contributed by atoms with van der Waals surface area (Å²) in [7, 11) is 1.33. The summed E-state index contributed by atoms with van der Waals surface area (Å²) in [6.45, 7) is 0.799. The van der Waals surface area contributed by atoms with Gasteiger partial charge in [-0.3, -0.25) is 14.9 Å². The number of nitrogens with one attached hydrogen (secondary N) is 1. The molecule has 2 fully saturated rings. The predicted molar refractivity (Wildman–Crippen MR) is 120 cm³/mol. The number of esters is 1. The Labute approximate surface area is 188 Å². The van der Waals surface area contributed by atoms with E-state index >= 15 is 0 Å². The lowest BCUT2D eigenvalue weighted by Gasteiger charge is -2.24. The van der Waals surface area contributed by atoms with Crippen LogP contribution in [0.15, 0.2) is 46.9 Å². The van der Waals surface area contributed by atoms with Crippen molar-refractivity contribution >= 4 is 46.0 Å². The average Bonchev–Trinajstić information content (AvgIpc) is 3.51. The van der Waals surface area contributed by atoms with Crippen molar-refractivity contribution in [3.05, 3.63) is 59.2 Å². The number of nitrogens with zero attached hydrogens (tertiary/aromatic N) is 2. The second kappa shape index (κ2) is 8.31. The number of para-hydroxylation sites is 2. The molecule has 0 bridgehead atoms. The Morgan fingerprint density at radius 1 is 1.28 bits per heavy atom. The van der Waals surface area contributed by atoms with E-state index in [1.54, 1.807) is 0 Å². The molecule has 32 heavy (non-hydrogen) atoms. The number of oxazole rings is 1. The number of carbonyl (C=O) groups excluding carboxylic acids is 3. The highest BCUT2D eigenvalue weighted by Crippen LogP contribution is 2.38. The molecule has 3 heterocycles. The zero-order chi connectivity index (χ0) is 22.2. The van der Waals surface area contributed by atoms with Crippen molar-refractivity contribution in [2.24, 2.45) is 0 Å². The number of imide groups is 1. The maximum absolute atomic E-state index is 12.5. The number of hydrogen-bond acceptors (Lipinski definition) is 8. The second-order valence-electron chi connectivity index (χ2n) is 7.81. The highest BCUT2D eigenvalue weighted by Gasteiger charge is 2.34. The zero-order valence-corrected chi connectivity index (χ0v) is 18.2. The van der Waals surface area contributed by atoms with Gasteiger partial charge >= 0.3 is 5.97 Å². The van der Waals surface area contributed by atoms with E-state index in [1.165, 1.54) is 7.11 Å². The lowest BCUT2D eigenvalue weighted by atomic mass is 9.95. The number of carbonyl (C=O) groups is 3. The first-order chi connectivity index (χ1) is 15.5. The number of aromatic nitrogens is 1. The van der Waals surface area contributed by atoms with Gasteiger partial charge in [-0.1, -0.05) is 36.0 Å². The van der Waals surface area contributed by atoms with Crippen LogP contribution in [0.25, 0.3) is 11.1 Å². The molecule has 1 aromatic heterocycles. The number of ether oxygens (including phenoxy) is 1. The van der Waals surface area contributed by atoms with E-state index in [-0.39, 0.29) is 23.6 Å². The quantitative estimate of drug-likeness (QED) is 0.584. The molecule has 0 saturated carbocycles. The molecule has 0 spiro atoms. The molecule has 5 rings (SSSR count). The van der Waals surface area contributed by atoms with Crippen LogP contribution in [0.2, 0.25) is 0 Å². The van der Waals surface area contributed by atoms with E-state index in [1.807, 2.05) is 42.5 Å². The third-order valence-electron chi connectivity index (χ3n) is 5.88. The van der Waals surface area contributed by atoms with Gasteiger partial charge in [0, 0.05) is 6.54 Å². The van der Waals surface area contributed by atoms with Gasteiger partial charge < -0.3 is 14.1 Å². The van der Waals surface area contributed by atoms with Gasteiger partial charge in [0.1, 0.15) is 5.52 Å². The minimum atomic E-state index is -0.556. The molecule has 0 radical (unpaired) electrons. The van der Waals surface area contributed by atoms with Gasteiger partial charge in [0.2, 0.25) is 5.91 Å². The maximum atomic E-state index is 12.5. The van der Waals surface area contributed by atoms with Crippen LogP contribution in [0.5, 0.6) is 0 Å². The van der Waals surface area contributed by atoms with Gasteiger partial charge in [0.15, 0.2) is 5.58 Å². The van der Waals surface area contributed by atoms with Gasteiger partial charge in [-0.2, -0.15) is 4.98 Å². The number of amides is 2. The lowest BCUT2D eigenvalue weighted by Crippen LogP contribution is -2.26. The summed E-state index contributed by atoms with van der Waals surface area (Å²) in [6.07, 6.45) is 2.14. The van der Waals surface area contributed by atoms with Crippen molar-refractivity contribution in [1.82, 2.24) is 10.3 Å². The molecular formula is C23H21N3O5S. The van der Waals surface area contributed by atoms with E-state index in [9.17, 15) is 14.4 Å². The highest BCUT2D eigenvalue weighted by atomic mass is 32.2. The normalized spacial score (nSPS) is 20.7. The third kappa shape index (κ3) is 3.73. The summed E-state index contributed by atoms with van der Waals surface area (Å²) in [5.74, 6) is -0.805. The van der Waals surface area contributed by atoms with Crippen molar-refractivity contribution < 1.29 is 23.5 Å². The predicted octanol–water partition coefficient (Wildman–Crippen LogP) is 3.85.